The molecule has 0 saturated carbocycles. The van der Waals surface area contributed by atoms with E-state index in [1.54, 1.807) is 0 Å². The van der Waals surface area contributed by atoms with Crippen molar-refractivity contribution in [3.63, 3.8) is 0 Å². The van der Waals surface area contributed by atoms with Crippen molar-refractivity contribution in [2.24, 2.45) is 5.92 Å². The second-order valence-corrected chi connectivity index (χ2v) is 7.29. The first-order chi connectivity index (χ1) is 12.1. The first kappa shape index (κ1) is 17.8. The maximum absolute atomic E-state index is 9.75. The minimum absolute atomic E-state index is 0.314. The molecule has 0 spiro atoms. The molecule has 1 aliphatic rings. The summed E-state index contributed by atoms with van der Waals surface area (Å²) in [5, 5.41) is 9.75. The fourth-order valence-electron chi connectivity index (χ4n) is 3.59. The quantitative estimate of drug-likeness (QED) is 0.794. The van der Waals surface area contributed by atoms with Gasteiger partial charge in [0.05, 0.1) is 6.61 Å². The minimum atomic E-state index is 0.314. The number of aromatic nitrogens is 1. The molecule has 25 heavy (non-hydrogen) atoms. The number of nitrogens with two attached hydrogens (primary N) is 1. The van der Waals surface area contributed by atoms with Crippen LogP contribution in [0.2, 0.25) is 0 Å². The molecule has 1 aromatic carbocycles. The van der Waals surface area contributed by atoms with Gasteiger partial charge in [-0.05, 0) is 55.9 Å². The standard InChI is InChI=1S/C20H22BrN3O/c1-3-12-5-7-17-14(9-12)19(16(11-22)20(23)24-17)15-10-13(21)6-8-18(15)25-4-2/h6,8,10,12H,3-5,7,9H2,1-2H3,(H2,23,24). The minimum Gasteiger partial charge on any atom is -0.493 e. The van der Waals surface area contributed by atoms with Crippen molar-refractivity contribution in [2.45, 2.75) is 39.5 Å². The Morgan fingerprint density at radius 1 is 1.40 bits per heavy atom. The predicted molar refractivity (Wildman–Crippen MR) is 103 cm³/mol. The molecule has 0 saturated heterocycles. The molecule has 5 heteroatoms. The van der Waals surface area contributed by atoms with Gasteiger partial charge < -0.3 is 10.5 Å². The van der Waals surface area contributed by atoms with Crippen molar-refractivity contribution in [2.75, 3.05) is 12.3 Å². The number of halogens is 1. The van der Waals surface area contributed by atoms with Gasteiger partial charge >= 0.3 is 0 Å². The molecule has 1 unspecified atom stereocenters. The zero-order valence-electron chi connectivity index (χ0n) is 14.6. The van der Waals surface area contributed by atoms with Crippen molar-refractivity contribution in [1.29, 1.82) is 5.26 Å². The van der Waals surface area contributed by atoms with Crippen molar-refractivity contribution in [1.82, 2.24) is 4.98 Å². The molecule has 0 aliphatic heterocycles. The number of benzene rings is 1. The van der Waals surface area contributed by atoms with Gasteiger partial charge in [-0.25, -0.2) is 4.98 Å². The number of nitriles is 1. The normalized spacial score (nSPS) is 16.2. The average Bonchev–Trinajstić information content (AvgIpc) is 2.62. The van der Waals surface area contributed by atoms with Crippen LogP contribution in [0.1, 0.15) is 43.5 Å². The number of hydrogen-bond acceptors (Lipinski definition) is 4. The zero-order chi connectivity index (χ0) is 18.0. The van der Waals surface area contributed by atoms with E-state index in [1.165, 1.54) is 0 Å². The van der Waals surface area contributed by atoms with E-state index in [0.29, 0.717) is 23.9 Å². The van der Waals surface area contributed by atoms with Gasteiger partial charge in [0.1, 0.15) is 23.2 Å². The maximum Gasteiger partial charge on any atom is 0.142 e. The van der Waals surface area contributed by atoms with Crippen LogP contribution in [0, 0.1) is 17.2 Å². The molecule has 130 valence electrons. The third-order valence-electron chi connectivity index (χ3n) is 4.89. The summed E-state index contributed by atoms with van der Waals surface area (Å²) in [5.74, 6) is 1.70. The molecule has 4 nitrogen and oxygen atoms in total. The molecule has 0 bridgehead atoms. The van der Waals surface area contributed by atoms with Gasteiger partial charge in [0, 0.05) is 21.3 Å². The largest absolute Gasteiger partial charge is 0.493 e. The van der Waals surface area contributed by atoms with Gasteiger partial charge in [-0.3, -0.25) is 0 Å². The third-order valence-corrected chi connectivity index (χ3v) is 5.39. The van der Waals surface area contributed by atoms with Gasteiger partial charge in [0.2, 0.25) is 0 Å². The lowest BCUT2D eigenvalue weighted by Gasteiger charge is -2.27. The Balaban J connectivity index is 2.30. The molecule has 1 aromatic heterocycles. The van der Waals surface area contributed by atoms with E-state index in [4.69, 9.17) is 10.5 Å². The first-order valence-electron chi connectivity index (χ1n) is 8.73. The SMILES string of the molecule is CCOc1ccc(Br)cc1-c1c(C#N)c(N)nc2c1CC(CC)CC2. The second-order valence-electron chi connectivity index (χ2n) is 6.37. The first-order valence-corrected chi connectivity index (χ1v) is 9.52. The highest BCUT2D eigenvalue weighted by Gasteiger charge is 2.27. The number of pyridine rings is 1. The number of rotatable bonds is 4. The highest BCUT2D eigenvalue weighted by molar-refractivity contribution is 9.10. The third kappa shape index (κ3) is 3.36. The van der Waals surface area contributed by atoms with E-state index in [1.807, 2.05) is 25.1 Å². The smallest absolute Gasteiger partial charge is 0.142 e. The number of nitrogens with zero attached hydrogens (tertiary/aromatic N) is 2. The molecule has 2 N–H and O–H groups in total. The molecule has 3 rings (SSSR count). The lowest BCUT2D eigenvalue weighted by atomic mass is 9.80. The highest BCUT2D eigenvalue weighted by atomic mass is 79.9. The van der Waals surface area contributed by atoms with Crippen molar-refractivity contribution < 1.29 is 4.74 Å². The van der Waals surface area contributed by atoms with Crippen LogP contribution in [-0.4, -0.2) is 11.6 Å². The Labute approximate surface area is 157 Å². The van der Waals surface area contributed by atoms with Gasteiger partial charge in [0.15, 0.2) is 0 Å². The van der Waals surface area contributed by atoms with Crippen molar-refractivity contribution in [3.05, 3.63) is 39.5 Å². The molecule has 0 fully saturated rings. The maximum atomic E-state index is 9.75. The van der Waals surface area contributed by atoms with Crippen LogP contribution < -0.4 is 10.5 Å². The van der Waals surface area contributed by atoms with E-state index in [-0.39, 0.29) is 0 Å². The molecule has 2 aromatic rings. The molecule has 1 aliphatic carbocycles. The van der Waals surface area contributed by atoms with Gasteiger partial charge in [-0.2, -0.15) is 5.26 Å². The van der Waals surface area contributed by atoms with Crippen LogP contribution in [-0.2, 0) is 12.8 Å². The Kier molecular flexibility index (Phi) is 5.29. The van der Waals surface area contributed by atoms with Crippen LogP contribution in [0.15, 0.2) is 22.7 Å². The summed E-state index contributed by atoms with van der Waals surface area (Å²) in [4.78, 5) is 4.54. The Morgan fingerprint density at radius 2 is 2.20 bits per heavy atom. The number of ether oxygens (including phenoxy) is 1. The number of fused-ring (bicyclic) bond motifs is 1. The monoisotopic (exact) mass is 399 g/mol. The van der Waals surface area contributed by atoms with E-state index < -0.39 is 0 Å². The lowest BCUT2D eigenvalue weighted by molar-refractivity contribution is 0.341. The fourth-order valence-corrected chi connectivity index (χ4v) is 3.95. The highest BCUT2D eigenvalue weighted by Crippen LogP contribution is 2.42. The fraction of sp³-hybridized carbons (Fsp3) is 0.400. The molecule has 1 heterocycles. The van der Waals surface area contributed by atoms with E-state index in [2.05, 4.69) is 33.9 Å². The lowest BCUT2D eigenvalue weighted by Crippen LogP contribution is -2.18. The van der Waals surface area contributed by atoms with Gasteiger partial charge in [-0.15, -0.1) is 0 Å². The number of nitrogen functional groups attached to an aromatic ring is 1. The molecule has 0 amide bonds. The summed E-state index contributed by atoms with van der Waals surface area (Å²) in [5.41, 5.74) is 10.6. The molecule has 1 atom stereocenters. The number of hydrogen-bond donors (Lipinski definition) is 1. The number of aryl methyl sites for hydroxylation is 1. The Bertz CT molecular complexity index is 842. The van der Waals surface area contributed by atoms with Crippen molar-refractivity contribution in [3.8, 4) is 22.9 Å². The van der Waals surface area contributed by atoms with Crippen LogP contribution in [0.25, 0.3) is 11.1 Å². The summed E-state index contributed by atoms with van der Waals surface area (Å²) in [6.07, 6.45) is 4.09. The zero-order valence-corrected chi connectivity index (χ0v) is 16.2. The molecular weight excluding hydrogens is 378 g/mol. The topological polar surface area (TPSA) is 71.9 Å². The van der Waals surface area contributed by atoms with Crippen LogP contribution in [0.3, 0.4) is 0 Å². The summed E-state index contributed by atoms with van der Waals surface area (Å²) >= 11 is 3.55. The van der Waals surface area contributed by atoms with E-state index >= 15 is 0 Å². The van der Waals surface area contributed by atoms with Gasteiger partial charge in [0.25, 0.3) is 0 Å². The van der Waals surface area contributed by atoms with Crippen LogP contribution in [0.4, 0.5) is 5.82 Å². The second kappa shape index (κ2) is 7.45. The molecule has 0 radical (unpaired) electrons. The van der Waals surface area contributed by atoms with Crippen LogP contribution in [0.5, 0.6) is 5.75 Å². The van der Waals surface area contributed by atoms with Gasteiger partial charge in [-0.1, -0.05) is 29.3 Å². The summed E-state index contributed by atoms with van der Waals surface area (Å²) in [6.45, 7) is 4.74. The van der Waals surface area contributed by atoms with Crippen LogP contribution >= 0.6 is 15.9 Å². The summed E-state index contributed by atoms with van der Waals surface area (Å²) in [6, 6.07) is 8.17. The van der Waals surface area contributed by atoms with E-state index in [9.17, 15) is 5.26 Å². The predicted octanol–water partition coefficient (Wildman–Crippen LogP) is 4.88. The number of anilines is 1. The summed E-state index contributed by atoms with van der Waals surface area (Å²) in [7, 11) is 0. The Hall–Kier alpha value is -2.06. The van der Waals surface area contributed by atoms with Crippen molar-refractivity contribution >= 4 is 21.7 Å². The summed E-state index contributed by atoms with van der Waals surface area (Å²) < 4.78 is 6.78. The molecular formula is C20H22BrN3O. The Morgan fingerprint density at radius 3 is 2.88 bits per heavy atom. The van der Waals surface area contributed by atoms with E-state index in [0.717, 1.165) is 58.3 Å². The average molecular weight is 400 g/mol.